The molecule has 1 aliphatic rings. The van der Waals surface area contributed by atoms with Crippen molar-refractivity contribution >= 4 is 46.2 Å². The average Bonchev–Trinajstić information content (AvgIpc) is 2.90. The van der Waals surface area contributed by atoms with Crippen LogP contribution in [-0.4, -0.2) is 29.6 Å². The maximum Gasteiger partial charge on any atom is 0.266 e. The zero-order chi connectivity index (χ0) is 18.5. The van der Waals surface area contributed by atoms with Gasteiger partial charge in [-0.1, -0.05) is 42.8 Å². The highest BCUT2D eigenvalue weighted by molar-refractivity contribution is 8.18. The Morgan fingerprint density at radius 1 is 1.23 bits per heavy atom. The number of hydrogen-bond acceptors (Lipinski definition) is 4. The SMILES string of the molecule is CCCOc1cccc(/C=C2/SC(=Nc3ccccc3Cl)N(C)C2=O)c1. The number of ether oxygens (including phenoxy) is 1. The summed E-state index contributed by atoms with van der Waals surface area (Å²) >= 11 is 7.50. The summed E-state index contributed by atoms with van der Waals surface area (Å²) in [5.41, 5.74) is 1.56. The zero-order valence-electron chi connectivity index (χ0n) is 14.6. The normalized spacial score (nSPS) is 17.3. The molecule has 0 radical (unpaired) electrons. The number of para-hydroxylation sites is 1. The number of nitrogens with zero attached hydrogens (tertiary/aromatic N) is 2. The molecule has 1 saturated heterocycles. The Hall–Kier alpha value is -2.24. The molecule has 26 heavy (non-hydrogen) atoms. The number of likely N-dealkylation sites (N-methyl/N-ethyl adjacent to an activating group) is 1. The van der Waals surface area contributed by atoms with Gasteiger partial charge in [0, 0.05) is 7.05 Å². The van der Waals surface area contributed by atoms with E-state index in [-0.39, 0.29) is 5.91 Å². The van der Waals surface area contributed by atoms with Gasteiger partial charge in [0.2, 0.25) is 0 Å². The molecule has 0 saturated carbocycles. The minimum atomic E-state index is -0.0827. The smallest absolute Gasteiger partial charge is 0.266 e. The minimum absolute atomic E-state index is 0.0827. The first-order chi connectivity index (χ1) is 12.6. The molecule has 1 aliphatic heterocycles. The molecule has 0 atom stereocenters. The second-order valence-electron chi connectivity index (χ2n) is 5.74. The van der Waals surface area contributed by atoms with Crippen molar-refractivity contribution in [3.8, 4) is 5.75 Å². The Morgan fingerprint density at radius 2 is 2.04 bits per heavy atom. The van der Waals surface area contributed by atoms with Crippen LogP contribution in [0.25, 0.3) is 6.08 Å². The zero-order valence-corrected chi connectivity index (χ0v) is 16.2. The molecule has 2 aromatic rings. The molecule has 0 aliphatic carbocycles. The highest BCUT2D eigenvalue weighted by Gasteiger charge is 2.30. The molecule has 1 heterocycles. The molecule has 1 amide bonds. The highest BCUT2D eigenvalue weighted by Crippen LogP contribution is 2.35. The number of carbonyl (C=O) groups is 1. The number of benzene rings is 2. The van der Waals surface area contributed by atoms with E-state index in [0.717, 1.165) is 17.7 Å². The van der Waals surface area contributed by atoms with E-state index in [4.69, 9.17) is 16.3 Å². The fourth-order valence-corrected chi connectivity index (χ4v) is 3.52. The standard InChI is InChI=1S/C20H19ClN2O2S/c1-3-11-25-15-8-6-7-14(12-15)13-18-19(24)23(2)20(26-18)22-17-10-5-4-9-16(17)21/h4-10,12-13H,3,11H2,1-2H3/b18-13+,22-20?. The Labute approximate surface area is 162 Å². The second-order valence-corrected chi connectivity index (χ2v) is 7.16. The number of aliphatic imine (C=N–C) groups is 1. The number of carbonyl (C=O) groups excluding carboxylic acids is 1. The number of thioether (sulfide) groups is 1. The minimum Gasteiger partial charge on any atom is -0.494 e. The number of rotatable bonds is 5. The van der Waals surface area contributed by atoms with E-state index in [1.54, 1.807) is 13.1 Å². The van der Waals surface area contributed by atoms with Gasteiger partial charge in [0.05, 0.1) is 22.2 Å². The van der Waals surface area contributed by atoms with Crippen molar-refractivity contribution < 1.29 is 9.53 Å². The summed E-state index contributed by atoms with van der Waals surface area (Å²) in [6, 6.07) is 15.0. The van der Waals surface area contributed by atoms with Crippen LogP contribution in [0.15, 0.2) is 58.4 Å². The fraction of sp³-hybridized carbons (Fsp3) is 0.200. The molecule has 6 heteroatoms. The maximum absolute atomic E-state index is 12.5. The molecule has 134 valence electrons. The van der Waals surface area contributed by atoms with E-state index in [1.807, 2.05) is 48.5 Å². The van der Waals surface area contributed by atoms with E-state index in [9.17, 15) is 4.79 Å². The van der Waals surface area contributed by atoms with Gasteiger partial charge in [-0.25, -0.2) is 4.99 Å². The molecule has 3 rings (SSSR count). The summed E-state index contributed by atoms with van der Waals surface area (Å²) in [5, 5.41) is 1.16. The predicted octanol–water partition coefficient (Wildman–Crippen LogP) is 5.36. The molecule has 0 bridgehead atoms. The van der Waals surface area contributed by atoms with Crippen LogP contribution in [0, 0.1) is 0 Å². The van der Waals surface area contributed by atoms with Gasteiger partial charge in [0.1, 0.15) is 5.75 Å². The first-order valence-corrected chi connectivity index (χ1v) is 9.51. The predicted molar refractivity (Wildman–Crippen MR) is 109 cm³/mol. The lowest BCUT2D eigenvalue weighted by Crippen LogP contribution is -2.23. The topological polar surface area (TPSA) is 41.9 Å². The third-order valence-electron chi connectivity index (χ3n) is 3.70. The van der Waals surface area contributed by atoms with Crippen molar-refractivity contribution in [3.05, 3.63) is 64.0 Å². The molecular weight excluding hydrogens is 368 g/mol. The van der Waals surface area contributed by atoms with Crippen LogP contribution in [-0.2, 0) is 4.79 Å². The fourth-order valence-electron chi connectivity index (χ4n) is 2.36. The van der Waals surface area contributed by atoms with E-state index in [1.165, 1.54) is 16.7 Å². The van der Waals surface area contributed by atoms with Gasteiger partial charge < -0.3 is 4.74 Å². The average molecular weight is 387 g/mol. The van der Waals surface area contributed by atoms with Crippen LogP contribution in [0.4, 0.5) is 5.69 Å². The van der Waals surface area contributed by atoms with Crippen LogP contribution < -0.4 is 4.74 Å². The highest BCUT2D eigenvalue weighted by atomic mass is 35.5. The monoisotopic (exact) mass is 386 g/mol. The second kappa shape index (κ2) is 8.43. The largest absolute Gasteiger partial charge is 0.494 e. The summed E-state index contributed by atoms with van der Waals surface area (Å²) in [5.74, 6) is 0.718. The van der Waals surface area contributed by atoms with Crippen molar-refractivity contribution in [2.45, 2.75) is 13.3 Å². The van der Waals surface area contributed by atoms with Crippen LogP contribution >= 0.6 is 23.4 Å². The van der Waals surface area contributed by atoms with Crippen LogP contribution in [0.3, 0.4) is 0 Å². The molecule has 0 aromatic heterocycles. The summed E-state index contributed by atoms with van der Waals surface area (Å²) in [4.78, 5) is 19.2. The lowest BCUT2D eigenvalue weighted by molar-refractivity contribution is -0.121. The molecular formula is C20H19ClN2O2S. The quantitative estimate of drug-likeness (QED) is 0.649. The van der Waals surface area contributed by atoms with E-state index < -0.39 is 0 Å². The van der Waals surface area contributed by atoms with Gasteiger partial charge in [-0.3, -0.25) is 9.69 Å². The lowest BCUT2D eigenvalue weighted by Gasteiger charge is -2.07. The summed E-state index contributed by atoms with van der Waals surface area (Å²) in [7, 11) is 1.71. The van der Waals surface area contributed by atoms with Gasteiger partial charge in [0.25, 0.3) is 5.91 Å². The maximum atomic E-state index is 12.5. The molecule has 0 unspecified atom stereocenters. The number of hydrogen-bond donors (Lipinski definition) is 0. The summed E-state index contributed by atoms with van der Waals surface area (Å²) in [6.07, 6.45) is 2.81. The number of halogens is 1. The van der Waals surface area contributed by atoms with Gasteiger partial charge in [-0.15, -0.1) is 0 Å². The summed E-state index contributed by atoms with van der Waals surface area (Å²) < 4.78 is 5.65. The first kappa shape index (κ1) is 18.5. The van der Waals surface area contributed by atoms with E-state index in [0.29, 0.717) is 27.4 Å². The van der Waals surface area contributed by atoms with Gasteiger partial charge in [-0.2, -0.15) is 0 Å². The van der Waals surface area contributed by atoms with E-state index >= 15 is 0 Å². The van der Waals surface area contributed by atoms with Crippen molar-refractivity contribution in [3.63, 3.8) is 0 Å². The van der Waals surface area contributed by atoms with Crippen molar-refractivity contribution in [1.82, 2.24) is 4.90 Å². The third-order valence-corrected chi connectivity index (χ3v) is 5.08. The Morgan fingerprint density at radius 3 is 2.81 bits per heavy atom. The number of amidine groups is 1. The summed E-state index contributed by atoms with van der Waals surface area (Å²) in [6.45, 7) is 2.74. The molecule has 0 spiro atoms. The van der Waals surface area contributed by atoms with Crippen LogP contribution in [0.5, 0.6) is 5.75 Å². The van der Waals surface area contributed by atoms with Crippen molar-refractivity contribution in [2.24, 2.45) is 4.99 Å². The van der Waals surface area contributed by atoms with Crippen LogP contribution in [0.2, 0.25) is 5.02 Å². The Balaban J connectivity index is 1.85. The Kier molecular flexibility index (Phi) is 6.01. The van der Waals surface area contributed by atoms with Gasteiger partial charge >= 0.3 is 0 Å². The molecule has 4 nitrogen and oxygen atoms in total. The Bertz CT molecular complexity index is 880. The van der Waals surface area contributed by atoms with E-state index in [2.05, 4.69) is 11.9 Å². The van der Waals surface area contributed by atoms with Gasteiger partial charge in [0.15, 0.2) is 5.17 Å². The van der Waals surface area contributed by atoms with Crippen molar-refractivity contribution in [1.29, 1.82) is 0 Å². The first-order valence-electron chi connectivity index (χ1n) is 8.32. The third kappa shape index (κ3) is 4.29. The molecule has 0 N–H and O–H groups in total. The molecule has 2 aromatic carbocycles. The molecule has 1 fully saturated rings. The van der Waals surface area contributed by atoms with Crippen LogP contribution in [0.1, 0.15) is 18.9 Å². The lowest BCUT2D eigenvalue weighted by atomic mass is 10.2. The van der Waals surface area contributed by atoms with Crippen molar-refractivity contribution in [2.75, 3.05) is 13.7 Å². The number of amides is 1. The van der Waals surface area contributed by atoms with Gasteiger partial charge in [-0.05, 0) is 54.1 Å².